The van der Waals surface area contributed by atoms with Crippen LogP contribution in [0, 0.1) is 5.82 Å². The topological polar surface area (TPSA) is 48.1 Å². The van der Waals surface area contributed by atoms with Gasteiger partial charge in [0, 0.05) is 39.4 Å². The van der Waals surface area contributed by atoms with Gasteiger partial charge in [-0.25, -0.2) is 9.18 Å². The Morgan fingerprint density at radius 1 is 1.03 bits per heavy atom. The molecule has 0 aliphatic carbocycles. The number of nitrogens with one attached hydrogen (secondary N) is 2. The molecule has 6 heteroatoms. The number of carbonyl (C=O) groups is 1. The molecule has 2 heterocycles. The molecule has 4 nitrogen and oxygen atoms in total. The molecule has 1 aliphatic heterocycles. The molecule has 5 rings (SSSR count). The van der Waals surface area contributed by atoms with Crippen LogP contribution < -0.4 is 5.32 Å². The van der Waals surface area contributed by atoms with Crippen LogP contribution in [-0.2, 0) is 6.42 Å². The van der Waals surface area contributed by atoms with Crippen LogP contribution in [0.5, 0.6) is 0 Å². The molecule has 0 saturated heterocycles. The first-order chi connectivity index (χ1) is 14.6. The van der Waals surface area contributed by atoms with Crippen LogP contribution in [0.3, 0.4) is 0 Å². The zero-order chi connectivity index (χ0) is 20.7. The van der Waals surface area contributed by atoms with Crippen LogP contribution in [0.25, 0.3) is 10.9 Å². The van der Waals surface area contributed by atoms with Gasteiger partial charge in [0.15, 0.2) is 0 Å². The summed E-state index contributed by atoms with van der Waals surface area (Å²) in [4.78, 5) is 18.3. The fourth-order valence-electron chi connectivity index (χ4n) is 4.21. The number of benzene rings is 3. The van der Waals surface area contributed by atoms with E-state index in [4.69, 9.17) is 11.6 Å². The standard InChI is InChI=1S/C24H19ClFN3O/c25-15-9-11-16(12-10-15)27-24(30)29-14-13-18-17-5-2-4-8-21(17)28-22(18)23(29)19-6-1-3-7-20(19)26/h1-12,23,28H,13-14H2,(H,27,30). The number of urea groups is 1. The van der Waals surface area contributed by atoms with E-state index in [0.29, 0.717) is 29.2 Å². The van der Waals surface area contributed by atoms with Crippen LogP contribution in [0.4, 0.5) is 14.9 Å². The van der Waals surface area contributed by atoms with Gasteiger partial charge in [-0.15, -0.1) is 0 Å². The van der Waals surface area contributed by atoms with E-state index in [1.807, 2.05) is 18.2 Å². The second-order valence-corrected chi connectivity index (χ2v) is 7.80. The van der Waals surface area contributed by atoms with Gasteiger partial charge in [-0.3, -0.25) is 0 Å². The fraction of sp³-hybridized carbons (Fsp3) is 0.125. The lowest BCUT2D eigenvalue weighted by atomic mass is 9.92. The van der Waals surface area contributed by atoms with E-state index in [1.54, 1.807) is 47.4 Å². The molecule has 0 bridgehead atoms. The first kappa shape index (κ1) is 18.7. The zero-order valence-corrected chi connectivity index (χ0v) is 16.8. The minimum absolute atomic E-state index is 0.283. The largest absolute Gasteiger partial charge is 0.356 e. The Morgan fingerprint density at radius 2 is 1.77 bits per heavy atom. The van der Waals surface area contributed by atoms with Crippen molar-refractivity contribution in [1.82, 2.24) is 9.88 Å². The summed E-state index contributed by atoms with van der Waals surface area (Å²) in [6.07, 6.45) is 0.693. The monoisotopic (exact) mass is 419 g/mol. The number of para-hydroxylation sites is 1. The van der Waals surface area contributed by atoms with Crippen molar-refractivity contribution in [2.24, 2.45) is 0 Å². The van der Waals surface area contributed by atoms with Crippen LogP contribution in [0.15, 0.2) is 72.8 Å². The summed E-state index contributed by atoms with van der Waals surface area (Å²) in [5, 5.41) is 4.63. The maximum absolute atomic E-state index is 14.8. The Kier molecular flexibility index (Phi) is 4.68. The van der Waals surface area contributed by atoms with E-state index in [0.717, 1.165) is 22.2 Å². The van der Waals surface area contributed by atoms with E-state index >= 15 is 0 Å². The summed E-state index contributed by atoms with van der Waals surface area (Å²) in [7, 11) is 0. The first-order valence-corrected chi connectivity index (χ1v) is 10.2. The number of rotatable bonds is 2. The number of anilines is 1. The van der Waals surface area contributed by atoms with Gasteiger partial charge in [0.1, 0.15) is 11.9 Å². The molecule has 1 aromatic heterocycles. The van der Waals surface area contributed by atoms with Crippen molar-refractivity contribution in [3.8, 4) is 0 Å². The van der Waals surface area contributed by atoms with Crippen molar-refractivity contribution in [3.05, 3.63) is 100 Å². The highest BCUT2D eigenvalue weighted by Gasteiger charge is 2.35. The lowest BCUT2D eigenvalue weighted by Crippen LogP contribution is -2.43. The summed E-state index contributed by atoms with van der Waals surface area (Å²) < 4.78 is 14.8. The molecule has 0 saturated carbocycles. The molecule has 0 radical (unpaired) electrons. The second-order valence-electron chi connectivity index (χ2n) is 7.37. The number of hydrogen-bond donors (Lipinski definition) is 2. The lowest BCUT2D eigenvalue weighted by molar-refractivity contribution is 0.192. The summed E-state index contributed by atoms with van der Waals surface area (Å²) in [6.45, 7) is 0.479. The highest BCUT2D eigenvalue weighted by molar-refractivity contribution is 6.30. The van der Waals surface area contributed by atoms with Crippen LogP contribution in [0.2, 0.25) is 5.02 Å². The minimum atomic E-state index is -0.547. The molecular weight excluding hydrogens is 401 g/mol. The molecule has 2 amide bonds. The lowest BCUT2D eigenvalue weighted by Gasteiger charge is -2.36. The number of H-pyrrole nitrogens is 1. The molecule has 1 unspecified atom stereocenters. The number of amides is 2. The minimum Gasteiger partial charge on any atom is -0.356 e. The molecular formula is C24H19ClFN3O. The van der Waals surface area contributed by atoms with Crippen LogP contribution in [-0.4, -0.2) is 22.5 Å². The number of carbonyl (C=O) groups excluding carboxylic acids is 1. The van der Waals surface area contributed by atoms with Gasteiger partial charge in [0.25, 0.3) is 0 Å². The van der Waals surface area contributed by atoms with Gasteiger partial charge in [-0.1, -0.05) is 48.0 Å². The van der Waals surface area contributed by atoms with Crippen molar-refractivity contribution in [2.75, 3.05) is 11.9 Å². The average Bonchev–Trinajstić information content (AvgIpc) is 3.14. The number of aromatic amines is 1. The maximum atomic E-state index is 14.8. The van der Waals surface area contributed by atoms with E-state index in [9.17, 15) is 9.18 Å². The van der Waals surface area contributed by atoms with Gasteiger partial charge in [-0.05, 0) is 48.4 Å². The predicted molar refractivity (Wildman–Crippen MR) is 117 cm³/mol. The Balaban J connectivity index is 1.59. The first-order valence-electron chi connectivity index (χ1n) is 9.79. The van der Waals surface area contributed by atoms with Crippen molar-refractivity contribution in [1.29, 1.82) is 0 Å². The Hall–Kier alpha value is -3.31. The van der Waals surface area contributed by atoms with Crippen LogP contribution in [0.1, 0.15) is 22.9 Å². The molecule has 1 aliphatic rings. The van der Waals surface area contributed by atoms with Crippen LogP contribution >= 0.6 is 11.6 Å². The Morgan fingerprint density at radius 3 is 2.57 bits per heavy atom. The smallest absolute Gasteiger partial charge is 0.322 e. The normalized spacial score (nSPS) is 15.8. The quantitative estimate of drug-likeness (QED) is 0.402. The van der Waals surface area contributed by atoms with Gasteiger partial charge < -0.3 is 15.2 Å². The van der Waals surface area contributed by atoms with Crippen molar-refractivity contribution < 1.29 is 9.18 Å². The maximum Gasteiger partial charge on any atom is 0.322 e. The fourth-order valence-corrected chi connectivity index (χ4v) is 4.33. The van der Waals surface area contributed by atoms with E-state index < -0.39 is 6.04 Å². The molecule has 3 aromatic carbocycles. The molecule has 2 N–H and O–H groups in total. The molecule has 150 valence electrons. The molecule has 0 fully saturated rings. The summed E-state index contributed by atoms with van der Waals surface area (Å²) in [6, 6.07) is 20.8. The summed E-state index contributed by atoms with van der Waals surface area (Å²) in [5.41, 5.74) is 4.09. The average molecular weight is 420 g/mol. The third-order valence-electron chi connectivity index (χ3n) is 5.59. The number of halogens is 2. The predicted octanol–water partition coefficient (Wildman–Crippen LogP) is 6.14. The molecule has 30 heavy (non-hydrogen) atoms. The highest BCUT2D eigenvalue weighted by atomic mass is 35.5. The highest BCUT2D eigenvalue weighted by Crippen LogP contribution is 2.39. The Bertz CT molecular complexity index is 1230. The second kappa shape index (κ2) is 7.50. The third-order valence-corrected chi connectivity index (χ3v) is 5.84. The van der Waals surface area contributed by atoms with Gasteiger partial charge in [0.2, 0.25) is 0 Å². The Labute approximate surface area is 178 Å². The van der Waals surface area contributed by atoms with E-state index in [2.05, 4.69) is 16.4 Å². The summed E-state index contributed by atoms with van der Waals surface area (Å²) in [5.74, 6) is -0.335. The molecule has 0 spiro atoms. The summed E-state index contributed by atoms with van der Waals surface area (Å²) >= 11 is 5.94. The number of nitrogens with zero attached hydrogens (tertiary/aromatic N) is 1. The molecule has 1 atom stereocenters. The van der Waals surface area contributed by atoms with Gasteiger partial charge >= 0.3 is 6.03 Å². The SMILES string of the molecule is O=C(Nc1ccc(Cl)cc1)N1CCc2c([nH]c3ccccc23)C1c1ccccc1F. The number of hydrogen-bond acceptors (Lipinski definition) is 1. The van der Waals surface area contributed by atoms with Gasteiger partial charge in [-0.2, -0.15) is 0 Å². The third kappa shape index (κ3) is 3.21. The van der Waals surface area contributed by atoms with Crippen molar-refractivity contribution >= 4 is 34.2 Å². The van der Waals surface area contributed by atoms with Crippen molar-refractivity contribution in [2.45, 2.75) is 12.5 Å². The zero-order valence-electron chi connectivity index (χ0n) is 16.0. The van der Waals surface area contributed by atoms with E-state index in [1.165, 1.54) is 6.07 Å². The van der Waals surface area contributed by atoms with E-state index in [-0.39, 0.29) is 11.8 Å². The number of fused-ring (bicyclic) bond motifs is 3. The van der Waals surface area contributed by atoms with Crippen molar-refractivity contribution in [3.63, 3.8) is 0 Å². The molecule has 4 aromatic rings. The number of aromatic nitrogens is 1. The van der Waals surface area contributed by atoms with Gasteiger partial charge in [0.05, 0.1) is 0 Å².